The maximum atomic E-state index is 13.6. The third-order valence-electron chi connectivity index (χ3n) is 2.61. The van der Waals surface area contributed by atoms with Crippen LogP contribution >= 0.6 is 0 Å². The molecule has 2 aromatic rings. The summed E-state index contributed by atoms with van der Waals surface area (Å²) in [6, 6.07) is 3.28. The van der Waals surface area contributed by atoms with Crippen molar-refractivity contribution >= 4 is 0 Å². The Kier molecular flexibility index (Phi) is 2.75. The van der Waals surface area contributed by atoms with Gasteiger partial charge in [0, 0.05) is 24.4 Å². The molecule has 1 N–H and O–H groups in total. The summed E-state index contributed by atoms with van der Waals surface area (Å²) in [7, 11) is 1.81. The van der Waals surface area contributed by atoms with Gasteiger partial charge in [-0.3, -0.25) is 4.68 Å². The first kappa shape index (κ1) is 10.8. The van der Waals surface area contributed by atoms with Crippen molar-refractivity contribution in [2.24, 2.45) is 7.05 Å². The van der Waals surface area contributed by atoms with E-state index in [9.17, 15) is 4.39 Å². The molecule has 0 saturated heterocycles. The third kappa shape index (κ3) is 1.84. The summed E-state index contributed by atoms with van der Waals surface area (Å²) >= 11 is 0. The van der Waals surface area contributed by atoms with Gasteiger partial charge in [0.1, 0.15) is 5.82 Å². The molecule has 0 radical (unpaired) electrons. The van der Waals surface area contributed by atoms with Crippen LogP contribution in [0.2, 0.25) is 0 Å². The Balaban J connectivity index is 2.52. The van der Waals surface area contributed by atoms with Crippen molar-refractivity contribution in [3.63, 3.8) is 0 Å². The van der Waals surface area contributed by atoms with Crippen molar-refractivity contribution < 1.29 is 9.50 Å². The first-order valence-electron chi connectivity index (χ1n) is 5.00. The molecule has 0 bridgehead atoms. The number of aliphatic hydroxyl groups excluding tert-OH is 1. The van der Waals surface area contributed by atoms with Crippen LogP contribution in [0.15, 0.2) is 24.5 Å². The van der Waals surface area contributed by atoms with E-state index in [0.29, 0.717) is 5.56 Å². The highest BCUT2D eigenvalue weighted by Crippen LogP contribution is 2.24. The van der Waals surface area contributed by atoms with Crippen LogP contribution in [0.25, 0.3) is 11.1 Å². The van der Waals surface area contributed by atoms with Gasteiger partial charge in [-0.1, -0.05) is 6.07 Å². The standard InChI is InChI=1S/C12H13FN2O/c1-8-3-9(4-12(13)11(8)7-16)10-5-14-15(2)6-10/h3-6,16H,7H2,1-2H3. The van der Waals surface area contributed by atoms with Gasteiger partial charge in [0.05, 0.1) is 12.8 Å². The molecule has 0 fully saturated rings. The van der Waals surface area contributed by atoms with E-state index in [1.807, 2.05) is 19.3 Å². The van der Waals surface area contributed by atoms with Crippen molar-refractivity contribution in [2.45, 2.75) is 13.5 Å². The highest BCUT2D eigenvalue weighted by Gasteiger charge is 2.09. The Labute approximate surface area is 93.2 Å². The highest BCUT2D eigenvalue weighted by atomic mass is 19.1. The molecule has 0 spiro atoms. The van der Waals surface area contributed by atoms with E-state index in [4.69, 9.17) is 5.11 Å². The lowest BCUT2D eigenvalue weighted by Gasteiger charge is -2.06. The number of aryl methyl sites for hydroxylation is 2. The van der Waals surface area contributed by atoms with Crippen molar-refractivity contribution in [2.75, 3.05) is 0 Å². The second-order valence-electron chi connectivity index (χ2n) is 3.81. The Morgan fingerprint density at radius 2 is 2.12 bits per heavy atom. The van der Waals surface area contributed by atoms with Crippen LogP contribution in [0.1, 0.15) is 11.1 Å². The van der Waals surface area contributed by atoms with Gasteiger partial charge in [0.25, 0.3) is 0 Å². The van der Waals surface area contributed by atoms with Crippen LogP contribution in [0.4, 0.5) is 4.39 Å². The summed E-state index contributed by atoms with van der Waals surface area (Å²) in [5, 5.41) is 13.0. The van der Waals surface area contributed by atoms with Gasteiger partial charge in [-0.15, -0.1) is 0 Å². The van der Waals surface area contributed by atoms with E-state index in [-0.39, 0.29) is 12.4 Å². The molecule has 2 rings (SSSR count). The number of hydrogen-bond donors (Lipinski definition) is 1. The number of halogens is 1. The van der Waals surface area contributed by atoms with E-state index < -0.39 is 0 Å². The first-order chi connectivity index (χ1) is 7.61. The van der Waals surface area contributed by atoms with Gasteiger partial charge >= 0.3 is 0 Å². The van der Waals surface area contributed by atoms with Gasteiger partial charge in [-0.25, -0.2) is 4.39 Å². The van der Waals surface area contributed by atoms with E-state index in [2.05, 4.69) is 5.10 Å². The molecule has 0 aliphatic heterocycles. The summed E-state index contributed by atoms with van der Waals surface area (Å²) in [4.78, 5) is 0. The smallest absolute Gasteiger partial charge is 0.129 e. The Morgan fingerprint density at radius 3 is 2.62 bits per heavy atom. The molecule has 0 amide bonds. The Bertz CT molecular complexity index is 496. The molecule has 84 valence electrons. The monoisotopic (exact) mass is 220 g/mol. The maximum absolute atomic E-state index is 13.6. The van der Waals surface area contributed by atoms with Gasteiger partial charge in [0.2, 0.25) is 0 Å². The second kappa shape index (κ2) is 4.06. The van der Waals surface area contributed by atoms with Crippen LogP contribution in [0.5, 0.6) is 0 Å². The van der Waals surface area contributed by atoms with Gasteiger partial charge < -0.3 is 5.11 Å². The van der Waals surface area contributed by atoms with Crippen molar-refractivity contribution in [1.29, 1.82) is 0 Å². The van der Waals surface area contributed by atoms with Crippen LogP contribution in [0.3, 0.4) is 0 Å². The molecular formula is C12H13FN2O. The molecule has 1 heterocycles. The van der Waals surface area contributed by atoms with Gasteiger partial charge in [-0.05, 0) is 24.1 Å². The van der Waals surface area contributed by atoms with Crippen LogP contribution in [0, 0.1) is 12.7 Å². The summed E-state index contributed by atoms with van der Waals surface area (Å²) in [6.07, 6.45) is 3.51. The fraction of sp³-hybridized carbons (Fsp3) is 0.250. The normalized spacial score (nSPS) is 10.8. The molecule has 3 nitrogen and oxygen atoms in total. The molecule has 0 aliphatic carbocycles. The summed E-state index contributed by atoms with van der Waals surface area (Å²) in [5.74, 6) is -0.374. The Morgan fingerprint density at radius 1 is 1.38 bits per heavy atom. The molecule has 0 aliphatic rings. The quantitative estimate of drug-likeness (QED) is 0.840. The van der Waals surface area contributed by atoms with Gasteiger partial charge in [-0.2, -0.15) is 5.10 Å². The second-order valence-corrected chi connectivity index (χ2v) is 3.81. The molecule has 1 aromatic heterocycles. The first-order valence-corrected chi connectivity index (χ1v) is 5.00. The van der Waals surface area contributed by atoms with E-state index in [1.54, 1.807) is 17.8 Å². The molecule has 0 unspecified atom stereocenters. The van der Waals surface area contributed by atoms with E-state index in [1.165, 1.54) is 6.07 Å². The minimum Gasteiger partial charge on any atom is -0.392 e. The van der Waals surface area contributed by atoms with Gasteiger partial charge in [0.15, 0.2) is 0 Å². The zero-order valence-corrected chi connectivity index (χ0v) is 9.24. The number of nitrogens with zero attached hydrogens (tertiary/aromatic N) is 2. The minimum atomic E-state index is -0.374. The molecule has 4 heteroatoms. The average molecular weight is 220 g/mol. The van der Waals surface area contributed by atoms with E-state index >= 15 is 0 Å². The largest absolute Gasteiger partial charge is 0.392 e. The average Bonchev–Trinajstić information content (AvgIpc) is 2.64. The summed E-state index contributed by atoms with van der Waals surface area (Å²) < 4.78 is 15.3. The summed E-state index contributed by atoms with van der Waals surface area (Å²) in [5.41, 5.74) is 2.75. The van der Waals surface area contributed by atoms with Crippen molar-refractivity contribution in [1.82, 2.24) is 9.78 Å². The lowest BCUT2D eigenvalue weighted by atomic mass is 10.0. The Hall–Kier alpha value is -1.68. The van der Waals surface area contributed by atoms with Crippen molar-refractivity contribution in [3.05, 3.63) is 41.5 Å². The minimum absolute atomic E-state index is 0.273. The molecular weight excluding hydrogens is 207 g/mol. The zero-order valence-electron chi connectivity index (χ0n) is 9.24. The molecule has 0 atom stereocenters. The SMILES string of the molecule is Cc1cc(-c2cnn(C)c2)cc(F)c1CO. The highest BCUT2D eigenvalue weighted by molar-refractivity contribution is 5.63. The molecule has 0 saturated carbocycles. The lowest BCUT2D eigenvalue weighted by Crippen LogP contribution is -1.95. The zero-order chi connectivity index (χ0) is 11.7. The number of benzene rings is 1. The predicted octanol–water partition coefficient (Wildman–Crippen LogP) is 2.03. The lowest BCUT2D eigenvalue weighted by molar-refractivity contribution is 0.275. The van der Waals surface area contributed by atoms with Crippen LogP contribution in [-0.2, 0) is 13.7 Å². The molecule has 16 heavy (non-hydrogen) atoms. The number of aliphatic hydroxyl groups is 1. The van der Waals surface area contributed by atoms with Crippen LogP contribution in [-0.4, -0.2) is 14.9 Å². The predicted molar refractivity (Wildman–Crippen MR) is 59.3 cm³/mol. The fourth-order valence-electron chi connectivity index (χ4n) is 1.71. The summed E-state index contributed by atoms with van der Waals surface area (Å²) in [6.45, 7) is 1.51. The van der Waals surface area contributed by atoms with Crippen LogP contribution < -0.4 is 0 Å². The number of rotatable bonds is 2. The van der Waals surface area contributed by atoms with Crippen molar-refractivity contribution in [3.8, 4) is 11.1 Å². The topological polar surface area (TPSA) is 38.0 Å². The fourth-order valence-corrected chi connectivity index (χ4v) is 1.71. The van der Waals surface area contributed by atoms with E-state index in [0.717, 1.165) is 16.7 Å². The molecule has 1 aromatic carbocycles. The third-order valence-corrected chi connectivity index (χ3v) is 2.61. The maximum Gasteiger partial charge on any atom is 0.129 e. The number of aromatic nitrogens is 2. The number of hydrogen-bond acceptors (Lipinski definition) is 2.